The molecule has 0 spiro atoms. The van der Waals surface area contributed by atoms with Crippen LogP contribution in [-0.2, 0) is 9.53 Å². The summed E-state index contributed by atoms with van der Waals surface area (Å²) in [4.78, 5) is 48.9. The van der Waals surface area contributed by atoms with E-state index in [9.17, 15) is 24.5 Å². The minimum atomic E-state index is -0.950. The average molecular weight is 511 g/mol. The fourth-order valence-electron chi connectivity index (χ4n) is 3.72. The predicted molar refractivity (Wildman–Crippen MR) is 138 cm³/mol. The van der Waals surface area contributed by atoms with E-state index in [1.54, 1.807) is 27.7 Å². The summed E-state index contributed by atoms with van der Waals surface area (Å²) < 4.78 is 16.7. The largest absolute Gasteiger partial charge is 0.460 e. The van der Waals surface area contributed by atoms with Gasteiger partial charge in [0.15, 0.2) is 0 Å². The maximum Gasteiger partial charge on any atom is 0.408 e. The second-order valence-electron chi connectivity index (χ2n) is 9.75. The van der Waals surface area contributed by atoms with Crippen molar-refractivity contribution in [3.8, 4) is 16.9 Å². The standard InChI is InChI=1S/C27H30N2O8/c1-7-15(2)23(28-26(32)37-27(4,5)6)25(31)36-19-12-13-20-21(14-19)35-16(3)22(24(20)30)17-8-10-18(11-9-17)29(33)34/h8-15,23H,7H2,1-6H3,(H,28,32)/t15-,23-/m0/s1. The molecule has 0 bridgehead atoms. The first-order valence-electron chi connectivity index (χ1n) is 11.8. The number of nitro benzene ring substituents is 1. The maximum absolute atomic E-state index is 13.2. The van der Waals surface area contributed by atoms with E-state index >= 15 is 0 Å². The van der Waals surface area contributed by atoms with Crippen molar-refractivity contribution < 1.29 is 28.4 Å². The minimum absolute atomic E-state index is 0.0881. The van der Waals surface area contributed by atoms with Gasteiger partial charge in [0, 0.05) is 18.2 Å². The summed E-state index contributed by atoms with van der Waals surface area (Å²) >= 11 is 0. The minimum Gasteiger partial charge on any atom is -0.460 e. The lowest BCUT2D eigenvalue weighted by atomic mass is 9.99. The molecule has 10 heteroatoms. The number of nitrogens with one attached hydrogen (secondary N) is 1. The lowest BCUT2D eigenvalue weighted by Crippen LogP contribution is -2.48. The van der Waals surface area contributed by atoms with Crippen molar-refractivity contribution >= 4 is 28.7 Å². The van der Waals surface area contributed by atoms with E-state index < -0.39 is 28.6 Å². The molecule has 0 fully saturated rings. The molecule has 0 radical (unpaired) electrons. The molecule has 0 saturated carbocycles. The van der Waals surface area contributed by atoms with Gasteiger partial charge in [0.05, 0.1) is 15.9 Å². The molecular formula is C27H30N2O8. The number of hydrogen-bond acceptors (Lipinski definition) is 8. The van der Waals surface area contributed by atoms with Crippen LogP contribution in [0.2, 0.25) is 0 Å². The normalized spacial score (nSPS) is 13.0. The van der Waals surface area contributed by atoms with Crippen LogP contribution in [0.15, 0.2) is 51.7 Å². The molecular weight excluding hydrogens is 480 g/mol. The molecule has 1 aromatic heterocycles. The third-order valence-corrected chi connectivity index (χ3v) is 5.76. The van der Waals surface area contributed by atoms with Crippen LogP contribution >= 0.6 is 0 Å². The number of carbonyl (C=O) groups excluding carboxylic acids is 2. The van der Waals surface area contributed by atoms with E-state index in [-0.39, 0.29) is 39.3 Å². The molecule has 196 valence electrons. The fourth-order valence-corrected chi connectivity index (χ4v) is 3.72. The van der Waals surface area contributed by atoms with Crippen LogP contribution in [0.25, 0.3) is 22.1 Å². The number of fused-ring (bicyclic) bond motifs is 1. The number of nitrogens with zero attached hydrogens (tertiary/aromatic N) is 1. The number of amides is 1. The Morgan fingerprint density at radius 2 is 1.78 bits per heavy atom. The van der Waals surface area contributed by atoms with Gasteiger partial charge in [0.25, 0.3) is 5.69 Å². The second-order valence-corrected chi connectivity index (χ2v) is 9.75. The Labute approximate surface area is 213 Å². The van der Waals surface area contributed by atoms with Gasteiger partial charge in [-0.25, -0.2) is 9.59 Å². The number of esters is 1. The zero-order chi connectivity index (χ0) is 27.5. The van der Waals surface area contributed by atoms with Crippen LogP contribution in [0.4, 0.5) is 10.5 Å². The Morgan fingerprint density at radius 1 is 1.14 bits per heavy atom. The lowest BCUT2D eigenvalue weighted by Gasteiger charge is -2.25. The van der Waals surface area contributed by atoms with Gasteiger partial charge < -0.3 is 19.2 Å². The number of ether oxygens (including phenoxy) is 2. The molecule has 3 aromatic rings. The Morgan fingerprint density at radius 3 is 2.35 bits per heavy atom. The smallest absolute Gasteiger partial charge is 0.408 e. The number of benzene rings is 2. The zero-order valence-electron chi connectivity index (χ0n) is 21.6. The number of hydrogen-bond donors (Lipinski definition) is 1. The SMILES string of the molecule is CC[C@H](C)[C@H](NC(=O)OC(C)(C)C)C(=O)Oc1ccc2c(=O)c(-c3ccc([N+](=O)[O-])cc3)c(C)oc2c1. The zero-order valence-corrected chi connectivity index (χ0v) is 21.6. The first-order chi connectivity index (χ1) is 17.3. The second kappa shape index (κ2) is 10.8. The van der Waals surface area contributed by atoms with Gasteiger partial charge in [0.1, 0.15) is 28.7 Å². The molecule has 2 atom stereocenters. The van der Waals surface area contributed by atoms with Gasteiger partial charge in [-0.05, 0) is 63.4 Å². The van der Waals surface area contributed by atoms with E-state index in [0.717, 1.165) is 0 Å². The van der Waals surface area contributed by atoms with Gasteiger partial charge in [-0.1, -0.05) is 20.3 Å². The number of rotatable bonds is 7. The van der Waals surface area contributed by atoms with Gasteiger partial charge in [0.2, 0.25) is 5.43 Å². The van der Waals surface area contributed by atoms with E-state index in [1.165, 1.54) is 42.5 Å². The Hall–Kier alpha value is -4.21. The molecule has 1 heterocycles. The summed E-state index contributed by atoms with van der Waals surface area (Å²) in [6.45, 7) is 10.5. The maximum atomic E-state index is 13.2. The summed E-state index contributed by atoms with van der Waals surface area (Å²) in [5.41, 5.74) is -0.165. The Bertz CT molecular complexity index is 1390. The number of non-ortho nitro benzene ring substituents is 1. The van der Waals surface area contributed by atoms with Crippen molar-refractivity contribution in [2.75, 3.05) is 0 Å². The molecule has 0 aliphatic heterocycles. The van der Waals surface area contributed by atoms with Crippen LogP contribution < -0.4 is 15.5 Å². The summed E-state index contributed by atoms with van der Waals surface area (Å²) in [5, 5.41) is 13.8. The van der Waals surface area contributed by atoms with Crippen LogP contribution in [0.5, 0.6) is 5.75 Å². The summed E-state index contributed by atoms with van der Waals surface area (Å²) in [6.07, 6.45) is -0.124. The molecule has 2 aromatic carbocycles. The summed E-state index contributed by atoms with van der Waals surface area (Å²) in [5.74, 6) is -0.465. The van der Waals surface area contributed by atoms with Gasteiger partial charge in [-0.3, -0.25) is 14.9 Å². The molecule has 0 saturated heterocycles. The summed E-state index contributed by atoms with van der Waals surface area (Å²) in [6, 6.07) is 9.06. The van der Waals surface area contributed by atoms with Crippen molar-refractivity contribution in [1.29, 1.82) is 0 Å². The van der Waals surface area contributed by atoms with Crippen LogP contribution in [0, 0.1) is 23.0 Å². The third-order valence-electron chi connectivity index (χ3n) is 5.76. The summed E-state index contributed by atoms with van der Waals surface area (Å²) in [7, 11) is 0. The first kappa shape index (κ1) is 27.4. The molecule has 3 rings (SSSR count). The molecule has 37 heavy (non-hydrogen) atoms. The van der Waals surface area contributed by atoms with Crippen LogP contribution in [0.3, 0.4) is 0 Å². The Kier molecular flexibility index (Phi) is 8.00. The number of nitro groups is 1. The predicted octanol–water partition coefficient (Wildman–Crippen LogP) is 5.52. The molecule has 0 unspecified atom stereocenters. The van der Waals surface area contributed by atoms with Gasteiger partial charge in [-0.15, -0.1) is 0 Å². The van der Waals surface area contributed by atoms with Gasteiger partial charge >= 0.3 is 12.1 Å². The van der Waals surface area contributed by atoms with Crippen molar-refractivity contribution in [2.45, 2.75) is 59.6 Å². The topological polar surface area (TPSA) is 138 Å². The highest BCUT2D eigenvalue weighted by molar-refractivity contribution is 5.86. The van der Waals surface area contributed by atoms with Crippen molar-refractivity contribution in [3.63, 3.8) is 0 Å². The number of alkyl carbamates (subject to hydrolysis) is 1. The van der Waals surface area contributed by atoms with Gasteiger partial charge in [-0.2, -0.15) is 0 Å². The van der Waals surface area contributed by atoms with E-state index in [1.807, 2.05) is 13.8 Å². The number of carbonyl (C=O) groups is 2. The quantitative estimate of drug-likeness (QED) is 0.190. The average Bonchev–Trinajstić information content (AvgIpc) is 2.81. The molecule has 1 N–H and O–H groups in total. The van der Waals surface area contributed by atoms with Crippen molar-refractivity contribution in [1.82, 2.24) is 5.32 Å². The molecule has 0 aliphatic carbocycles. The first-order valence-corrected chi connectivity index (χ1v) is 11.8. The monoisotopic (exact) mass is 510 g/mol. The highest BCUT2D eigenvalue weighted by Crippen LogP contribution is 2.28. The highest BCUT2D eigenvalue weighted by Gasteiger charge is 2.30. The van der Waals surface area contributed by atoms with Crippen LogP contribution in [-0.4, -0.2) is 28.6 Å². The van der Waals surface area contributed by atoms with Crippen molar-refractivity contribution in [2.24, 2.45) is 5.92 Å². The highest BCUT2D eigenvalue weighted by atomic mass is 16.6. The Balaban J connectivity index is 1.89. The number of aryl methyl sites for hydroxylation is 1. The third kappa shape index (κ3) is 6.52. The molecule has 10 nitrogen and oxygen atoms in total. The van der Waals surface area contributed by atoms with E-state index in [4.69, 9.17) is 13.9 Å². The fraction of sp³-hybridized carbons (Fsp3) is 0.370. The van der Waals surface area contributed by atoms with E-state index in [2.05, 4.69) is 5.32 Å². The van der Waals surface area contributed by atoms with Crippen LogP contribution in [0.1, 0.15) is 46.8 Å². The molecule has 1 amide bonds. The molecule has 0 aliphatic rings. The lowest BCUT2D eigenvalue weighted by molar-refractivity contribution is -0.384. The van der Waals surface area contributed by atoms with Crippen molar-refractivity contribution in [3.05, 3.63) is 68.6 Å². The van der Waals surface area contributed by atoms with E-state index in [0.29, 0.717) is 17.7 Å².